The molecule has 2 saturated heterocycles. The van der Waals surface area contributed by atoms with E-state index in [1.807, 2.05) is 4.90 Å². The van der Waals surface area contributed by atoms with Gasteiger partial charge in [-0.1, -0.05) is 0 Å². The number of carbonyl (C=O) groups excluding carboxylic acids is 2. The third-order valence-corrected chi connectivity index (χ3v) is 5.97. The lowest BCUT2D eigenvalue weighted by Crippen LogP contribution is -2.51. The zero-order chi connectivity index (χ0) is 17.6. The maximum Gasteiger partial charge on any atom is 0.255 e. The van der Waals surface area contributed by atoms with Crippen molar-refractivity contribution in [2.45, 2.75) is 32.1 Å². The van der Waals surface area contributed by atoms with E-state index in [1.54, 1.807) is 24.2 Å². The fraction of sp³-hybridized carbons (Fsp3) is 0.632. The first-order valence-electron chi connectivity index (χ1n) is 9.24. The number of nitrogens with zero attached hydrogens (tertiary/aromatic N) is 3. The lowest BCUT2D eigenvalue weighted by atomic mass is 9.78. The minimum Gasteiger partial charge on any atom is -0.342 e. The Balaban J connectivity index is 1.49. The van der Waals surface area contributed by atoms with Crippen LogP contribution in [0.1, 0.15) is 42.5 Å². The number of pyridine rings is 1. The standard InChI is InChI=1S/C19H25N3O3/c1-20-12-15(5-6-16(20)23)17(24)22-10-8-19(13-22)7-2-9-21(18(19)25)11-14-3-4-14/h5-6,12,14H,2-4,7-11,13H2,1H3. The Bertz CT molecular complexity index is 767. The Morgan fingerprint density at radius 3 is 2.72 bits per heavy atom. The second kappa shape index (κ2) is 6.00. The van der Waals surface area contributed by atoms with Gasteiger partial charge in [0.2, 0.25) is 11.5 Å². The molecular formula is C19H25N3O3. The Hall–Kier alpha value is -2.11. The summed E-state index contributed by atoms with van der Waals surface area (Å²) in [5.74, 6) is 0.866. The number of likely N-dealkylation sites (tertiary alicyclic amines) is 2. The van der Waals surface area contributed by atoms with Gasteiger partial charge >= 0.3 is 0 Å². The van der Waals surface area contributed by atoms with Crippen LogP contribution in [0.2, 0.25) is 0 Å². The third kappa shape index (κ3) is 2.98. The fourth-order valence-corrected chi connectivity index (χ4v) is 4.27. The second-order valence-electron chi connectivity index (χ2n) is 7.92. The van der Waals surface area contributed by atoms with Gasteiger partial charge in [-0.3, -0.25) is 14.4 Å². The molecule has 2 amide bonds. The third-order valence-electron chi connectivity index (χ3n) is 5.97. The van der Waals surface area contributed by atoms with Crippen LogP contribution < -0.4 is 5.56 Å². The molecule has 0 aromatic carbocycles. The average molecular weight is 343 g/mol. The SMILES string of the molecule is Cn1cc(C(=O)N2CCC3(CCCN(CC4CC4)C3=O)C2)ccc1=O. The first-order valence-corrected chi connectivity index (χ1v) is 9.24. The molecule has 0 bridgehead atoms. The van der Waals surface area contributed by atoms with Crippen molar-refractivity contribution >= 4 is 11.8 Å². The summed E-state index contributed by atoms with van der Waals surface area (Å²) >= 11 is 0. The molecule has 134 valence electrons. The van der Waals surface area contributed by atoms with Crippen molar-refractivity contribution in [1.29, 1.82) is 0 Å². The van der Waals surface area contributed by atoms with Gasteiger partial charge in [-0.25, -0.2) is 0 Å². The highest BCUT2D eigenvalue weighted by atomic mass is 16.2. The van der Waals surface area contributed by atoms with Crippen molar-refractivity contribution in [2.75, 3.05) is 26.2 Å². The molecule has 0 N–H and O–H groups in total. The number of rotatable bonds is 3. The van der Waals surface area contributed by atoms with Crippen LogP contribution in [-0.2, 0) is 11.8 Å². The predicted octanol–water partition coefficient (Wildman–Crippen LogP) is 1.25. The van der Waals surface area contributed by atoms with Crippen molar-refractivity contribution in [2.24, 2.45) is 18.4 Å². The van der Waals surface area contributed by atoms with Crippen LogP contribution in [-0.4, -0.2) is 52.4 Å². The van der Waals surface area contributed by atoms with Gasteiger partial charge in [-0.2, -0.15) is 0 Å². The number of aryl methyl sites for hydroxylation is 1. The molecule has 3 aliphatic rings. The number of piperidine rings is 1. The van der Waals surface area contributed by atoms with Gasteiger partial charge in [-0.15, -0.1) is 0 Å². The van der Waals surface area contributed by atoms with Crippen LogP contribution in [0.4, 0.5) is 0 Å². The fourth-order valence-electron chi connectivity index (χ4n) is 4.27. The number of carbonyl (C=O) groups is 2. The molecule has 6 nitrogen and oxygen atoms in total. The molecule has 2 aliphatic heterocycles. The summed E-state index contributed by atoms with van der Waals surface area (Å²) in [5.41, 5.74) is -0.00595. The van der Waals surface area contributed by atoms with Crippen molar-refractivity contribution in [3.8, 4) is 0 Å². The summed E-state index contributed by atoms with van der Waals surface area (Å²) in [4.78, 5) is 41.2. The molecule has 1 saturated carbocycles. The number of amides is 2. The Kier molecular flexibility index (Phi) is 3.93. The normalized spacial score (nSPS) is 26.5. The second-order valence-corrected chi connectivity index (χ2v) is 7.92. The lowest BCUT2D eigenvalue weighted by molar-refractivity contribution is -0.145. The zero-order valence-corrected chi connectivity index (χ0v) is 14.7. The van der Waals surface area contributed by atoms with Gasteiger partial charge in [0.15, 0.2) is 0 Å². The highest BCUT2D eigenvalue weighted by Gasteiger charge is 2.50. The van der Waals surface area contributed by atoms with Gasteiger partial charge < -0.3 is 14.4 Å². The summed E-state index contributed by atoms with van der Waals surface area (Å²) in [5, 5.41) is 0. The molecule has 6 heteroatoms. The van der Waals surface area contributed by atoms with Crippen molar-refractivity contribution in [1.82, 2.24) is 14.4 Å². The van der Waals surface area contributed by atoms with E-state index >= 15 is 0 Å². The van der Waals surface area contributed by atoms with Crippen LogP contribution in [0, 0.1) is 11.3 Å². The maximum absolute atomic E-state index is 13.1. The van der Waals surface area contributed by atoms with Gasteiger partial charge in [0.05, 0.1) is 11.0 Å². The lowest BCUT2D eigenvalue weighted by Gasteiger charge is -2.39. The minimum atomic E-state index is -0.385. The predicted molar refractivity (Wildman–Crippen MR) is 93.2 cm³/mol. The summed E-state index contributed by atoms with van der Waals surface area (Å²) in [6.45, 7) is 2.89. The first kappa shape index (κ1) is 16.4. The van der Waals surface area contributed by atoms with Crippen LogP contribution in [0.3, 0.4) is 0 Å². The van der Waals surface area contributed by atoms with Crippen LogP contribution in [0.15, 0.2) is 23.1 Å². The van der Waals surface area contributed by atoms with E-state index in [4.69, 9.17) is 0 Å². The molecule has 0 radical (unpaired) electrons. The summed E-state index contributed by atoms with van der Waals surface area (Å²) in [7, 11) is 1.64. The first-order chi connectivity index (χ1) is 12.0. The minimum absolute atomic E-state index is 0.0837. The molecule has 3 heterocycles. The van der Waals surface area contributed by atoms with Crippen LogP contribution in [0.5, 0.6) is 0 Å². The molecule has 1 aliphatic carbocycles. The summed E-state index contributed by atoms with van der Waals surface area (Å²) in [6.07, 6.45) is 6.73. The Morgan fingerprint density at radius 1 is 1.20 bits per heavy atom. The number of hydrogen-bond acceptors (Lipinski definition) is 3. The van der Waals surface area contributed by atoms with E-state index in [0.29, 0.717) is 24.6 Å². The molecule has 4 rings (SSSR count). The Morgan fingerprint density at radius 2 is 2.00 bits per heavy atom. The molecule has 25 heavy (non-hydrogen) atoms. The zero-order valence-electron chi connectivity index (χ0n) is 14.7. The van der Waals surface area contributed by atoms with E-state index in [9.17, 15) is 14.4 Å². The number of hydrogen-bond donors (Lipinski definition) is 0. The smallest absolute Gasteiger partial charge is 0.255 e. The van der Waals surface area contributed by atoms with E-state index in [1.165, 1.54) is 23.5 Å². The molecule has 1 atom stereocenters. The van der Waals surface area contributed by atoms with Crippen molar-refractivity contribution in [3.05, 3.63) is 34.2 Å². The number of aromatic nitrogens is 1. The summed E-state index contributed by atoms with van der Waals surface area (Å²) < 4.78 is 1.42. The van der Waals surface area contributed by atoms with Crippen LogP contribution in [0.25, 0.3) is 0 Å². The van der Waals surface area contributed by atoms with Gasteiger partial charge in [0.1, 0.15) is 0 Å². The van der Waals surface area contributed by atoms with E-state index < -0.39 is 0 Å². The van der Waals surface area contributed by atoms with E-state index in [-0.39, 0.29) is 22.8 Å². The molecule has 3 fully saturated rings. The van der Waals surface area contributed by atoms with Crippen LogP contribution >= 0.6 is 0 Å². The summed E-state index contributed by atoms with van der Waals surface area (Å²) in [6, 6.07) is 3.00. The average Bonchev–Trinajstić information content (AvgIpc) is 3.32. The largest absolute Gasteiger partial charge is 0.342 e. The van der Waals surface area contributed by atoms with E-state index in [2.05, 4.69) is 0 Å². The quantitative estimate of drug-likeness (QED) is 0.830. The molecule has 1 aromatic rings. The maximum atomic E-state index is 13.1. The van der Waals surface area contributed by atoms with Crippen molar-refractivity contribution < 1.29 is 9.59 Å². The Labute approximate surface area is 147 Å². The monoisotopic (exact) mass is 343 g/mol. The van der Waals surface area contributed by atoms with Crippen molar-refractivity contribution in [3.63, 3.8) is 0 Å². The van der Waals surface area contributed by atoms with Gasteiger partial charge in [0, 0.05) is 45.5 Å². The molecule has 1 unspecified atom stereocenters. The molecule has 1 spiro atoms. The van der Waals surface area contributed by atoms with E-state index in [0.717, 1.165) is 32.4 Å². The van der Waals surface area contributed by atoms with Gasteiger partial charge in [0.25, 0.3) is 5.91 Å². The molecular weight excluding hydrogens is 318 g/mol. The highest BCUT2D eigenvalue weighted by Crippen LogP contribution is 2.42. The highest BCUT2D eigenvalue weighted by molar-refractivity contribution is 5.95. The van der Waals surface area contributed by atoms with Gasteiger partial charge in [-0.05, 0) is 44.1 Å². The molecule has 1 aromatic heterocycles. The topological polar surface area (TPSA) is 62.6 Å².